The summed E-state index contributed by atoms with van der Waals surface area (Å²) in [7, 11) is 6.88. The van der Waals surface area contributed by atoms with Gasteiger partial charge < -0.3 is 92.0 Å². The van der Waals surface area contributed by atoms with E-state index in [9.17, 15) is 24.9 Å². The van der Waals surface area contributed by atoms with E-state index in [2.05, 4.69) is 140 Å². The van der Waals surface area contributed by atoms with Crippen LogP contribution in [0, 0.1) is 92.7 Å². The molecule has 808 valence electrons. The van der Waals surface area contributed by atoms with E-state index in [1.54, 1.807) is 82.3 Å². The highest BCUT2D eigenvalue weighted by molar-refractivity contribution is 5.78. The number of fused-ring (bicyclic) bond motifs is 14. The predicted octanol–water partition coefficient (Wildman–Crippen LogP) is 17.7. The standard InChI is InChI=1S/C38H51NO6.C32H50N2O2.C13H19NO2.C8H10N4O.C7H13N3O2.C7H11NO.C6H13NO.C5H11NO/c1-23(12-15-35(43)44-19-18-39-29-8-4-6-10-32(29)45-33-11-7-5-9-30(33)39)26-13-14-27-36-28(22-34(42)38(26,27)3)37(2)17-16-25(40)20-24(37)21-31(36)41;1-22(2)8-6-9-23(3)27-12-13-28-26-11-10-24-20-25(36-30(35)21-34-19-7-18-33-34)14-16-31(24,4)29(26)15-17-32(27,28)5;1-11(15)10-16-9-8-14-7-6-12-4-2-3-5-13(12)14;1-13-3-2-12-6-11-8-7(12)4-9-5-10-8;1-7(11)4-12-3-2-10-6-8-5-9-10;1-9-7-6-8-4-2-3-5-8;1-8-6-5-7-3-2-4-7;1-7-5-4-6-2-3-6/h4-11,23-28,31,34,36,40-42H,12-22H2,1-3H3;7,10,18-19,22-23,25-29H,6,8-9,11-17,20-21H2,1-5H3;2-5,11,15H,6-10H2,1H3;4-6H,2-3H2,1H3;5-7,11H,2-4H2,1H3;2-5H,6-7H2,1H3;2-6H2,1H3;2-5H2,1H3. The summed E-state index contributed by atoms with van der Waals surface area (Å²) in [5.74, 6) is 8.10. The van der Waals surface area contributed by atoms with Gasteiger partial charge in [-0.05, 0) is 283 Å². The number of carbonyl (C=O) groups excluding carboxylic acids is 2. The van der Waals surface area contributed by atoms with Crippen LogP contribution in [0.1, 0.15) is 210 Å². The molecule has 0 spiro atoms. The van der Waals surface area contributed by atoms with Crippen LogP contribution >= 0.6 is 0 Å². The Kier molecular flexibility index (Phi) is 44.3. The van der Waals surface area contributed by atoms with Crippen LogP contribution in [0.3, 0.4) is 0 Å². The summed E-state index contributed by atoms with van der Waals surface area (Å²) in [4.78, 5) is 50.6. The SMILES string of the molecule is CC(C)CCCC(C)C1CCC2C3CC=C4CC(OC(=O)Cn5cccn5)CCC4(C)C3CCC12C.CC(CCC(=O)OCCN1c2ccccc2Oc2ccccc21)C1CCC2C3C(O)CC4CC(O)CCC4(C)C3CC(O)C12C.CC(O)COCCN1CCc2ccccc21.CC(O)COCCn1cncn1.COCCN1CC1.COCCN1CCC1.COCCn1cccc1.COCCn1cnc2ncncc21. The van der Waals surface area contributed by atoms with Gasteiger partial charge in [-0.2, -0.15) is 10.2 Å². The molecule has 7 saturated carbocycles. The minimum absolute atomic E-state index is 0.0281. The highest BCUT2D eigenvalue weighted by atomic mass is 16.5. The van der Waals surface area contributed by atoms with E-state index in [4.69, 9.17) is 52.8 Å². The molecule has 21 unspecified atom stereocenters. The summed E-state index contributed by atoms with van der Waals surface area (Å²) >= 11 is 0. The number of nitrogens with zero attached hydrogens (tertiary/aromatic N) is 14. The van der Waals surface area contributed by atoms with Crippen LogP contribution in [0.15, 0.2) is 159 Å². The van der Waals surface area contributed by atoms with Gasteiger partial charge in [0.2, 0.25) is 0 Å². The molecule has 12 aliphatic rings. The molecule has 146 heavy (non-hydrogen) atoms. The van der Waals surface area contributed by atoms with Gasteiger partial charge in [0, 0.05) is 124 Å². The molecular formula is C116H178N14O16. The van der Waals surface area contributed by atoms with Gasteiger partial charge >= 0.3 is 11.9 Å². The number of benzene rings is 3. The number of ether oxygens (including phenoxy) is 9. The fourth-order valence-corrected chi connectivity index (χ4v) is 26.6. The summed E-state index contributed by atoms with van der Waals surface area (Å²) in [6, 6.07) is 30.2. The number of para-hydroxylation sites is 5. The van der Waals surface area contributed by atoms with Crippen LogP contribution in [0.25, 0.3) is 11.2 Å². The number of aliphatic hydroxyl groups excluding tert-OH is 5. The van der Waals surface area contributed by atoms with Crippen molar-refractivity contribution in [2.45, 2.75) is 273 Å². The molecule has 9 heterocycles. The number of esters is 2. The van der Waals surface area contributed by atoms with Gasteiger partial charge in [0.05, 0.1) is 120 Å². The molecule has 5 aromatic heterocycles. The van der Waals surface area contributed by atoms with Crippen molar-refractivity contribution in [2.75, 3.05) is 157 Å². The maximum atomic E-state index is 13.0. The highest BCUT2D eigenvalue weighted by Gasteiger charge is 2.66. The van der Waals surface area contributed by atoms with Gasteiger partial charge in [0.25, 0.3) is 0 Å². The lowest BCUT2D eigenvalue weighted by atomic mass is 9.43. The number of hydrogen-bond acceptors (Lipinski definition) is 26. The molecule has 30 heteroatoms. The molecule has 0 bridgehead atoms. The van der Waals surface area contributed by atoms with E-state index >= 15 is 0 Å². The first-order valence-corrected chi connectivity index (χ1v) is 55.1. The van der Waals surface area contributed by atoms with E-state index in [-0.39, 0.29) is 78.1 Å². The molecule has 3 aromatic carbocycles. The second-order valence-corrected chi connectivity index (χ2v) is 44.8. The molecule has 9 fully saturated rings. The second-order valence-electron chi connectivity index (χ2n) is 44.8. The zero-order valence-electron chi connectivity index (χ0n) is 90.4. The molecule has 20 rings (SSSR count). The number of carbonyl (C=O) groups is 2. The number of aromatic nitrogens is 10. The van der Waals surface area contributed by atoms with Crippen LogP contribution in [0.2, 0.25) is 0 Å². The third kappa shape index (κ3) is 30.9. The first kappa shape index (κ1) is 115. The number of hydrogen-bond donors (Lipinski definition) is 5. The average molecular weight is 2020 g/mol. The van der Waals surface area contributed by atoms with Crippen molar-refractivity contribution in [1.82, 2.24) is 58.4 Å². The number of imidazole rings is 1. The quantitative estimate of drug-likeness (QED) is 0.0104. The fourth-order valence-electron chi connectivity index (χ4n) is 26.6. The number of likely N-dealkylation sites (tertiary alicyclic amines) is 1. The van der Waals surface area contributed by atoms with Gasteiger partial charge in [-0.15, -0.1) is 0 Å². The van der Waals surface area contributed by atoms with Crippen molar-refractivity contribution in [3.8, 4) is 11.5 Å². The third-order valence-electron chi connectivity index (χ3n) is 34.8. The summed E-state index contributed by atoms with van der Waals surface area (Å²) in [6.45, 7) is 40.9. The van der Waals surface area contributed by atoms with Gasteiger partial charge in [-0.25, -0.2) is 19.9 Å². The van der Waals surface area contributed by atoms with Crippen LogP contribution in [-0.4, -0.2) is 279 Å². The van der Waals surface area contributed by atoms with Crippen molar-refractivity contribution in [2.24, 2.45) is 92.7 Å². The van der Waals surface area contributed by atoms with Crippen LogP contribution < -0.4 is 14.5 Å². The Morgan fingerprint density at radius 1 is 0.548 bits per heavy atom. The Bertz CT molecular complexity index is 5090. The lowest BCUT2D eigenvalue weighted by Gasteiger charge is -2.63. The number of aliphatic hydroxyl groups is 5. The van der Waals surface area contributed by atoms with E-state index in [1.165, 1.54) is 108 Å². The van der Waals surface area contributed by atoms with Crippen molar-refractivity contribution in [3.05, 3.63) is 165 Å². The predicted molar refractivity (Wildman–Crippen MR) is 571 cm³/mol. The van der Waals surface area contributed by atoms with Gasteiger partial charge in [-0.1, -0.05) is 129 Å². The first-order chi connectivity index (χ1) is 70.6. The Balaban J connectivity index is 0.000000154. The Hall–Kier alpha value is -8.60. The van der Waals surface area contributed by atoms with Crippen molar-refractivity contribution in [1.29, 1.82) is 0 Å². The van der Waals surface area contributed by atoms with E-state index < -0.39 is 12.2 Å². The molecule has 21 atom stereocenters. The molecule has 0 amide bonds. The van der Waals surface area contributed by atoms with Gasteiger partial charge in [0.15, 0.2) is 17.1 Å². The molecule has 8 aromatic rings. The maximum Gasteiger partial charge on any atom is 0.328 e. The monoisotopic (exact) mass is 2020 g/mol. The fraction of sp³-hybridized carbons (Fsp3) is 0.690. The molecule has 2 saturated heterocycles. The summed E-state index contributed by atoms with van der Waals surface area (Å²) < 4.78 is 55.3. The third-order valence-corrected chi connectivity index (χ3v) is 34.8. The highest BCUT2D eigenvalue weighted by Crippen LogP contribution is 2.70. The Morgan fingerprint density at radius 3 is 1.86 bits per heavy atom. The van der Waals surface area contributed by atoms with Crippen LogP contribution in [-0.2, 0) is 80.1 Å². The zero-order valence-corrected chi connectivity index (χ0v) is 90.4. The van der Waals surface area contributed by atoms with Gasteiger partial charge in [-0.3, -0.25) is 23.9 Å². The number of methoxy groups -OCH3 is 4. The van der Waals surface area contributed by atoms with Crippen molar-refractivity contribution in [3.63, 3.8) is 0 Å². The van der Waals surface area contributed by atoms with Gasteiger partial charge in [0.1, 0.15) is 43.8 Å². The second kappa shape index (κ2) is 56.5. The molecule has 0 radical (unpaired) electrons. The van der Waals surface area contributed by atoms with Crippen LogP contribution in [0.5, 0.6) is 11.5 Å². The topological polar surface area (TPSA) is 328 Å². The molecular weight excluding hydrogens is 1850 g/mol. The lowest BCUT2D eigenvalue weighted by molar-refractivity contribution is -0.207. The maximum absolute atomic E-state index is 13.0. The minimum Gasteiger partial charge on any atom is -0.464 e. The number of allylic oxidation sites excluding steroid dienone is 1. The smallest absolute Gasteiger partial charge is 0.328 e. The first-order valence-electron chi connectivity index (χ1n) is 55.1. The average Bonchev–Trinajstić information content (AvgIpc) is 1.50. The zero-order chi connectivity index (χ0) is 104. The molecule has 8 aliphatic carbocycles. The molecule has 30 nitrogen and oxygen atoms in total. The Morgan fingerprint density at radius 2 is 1.20 bits per heavy atom. The summed E-state index contributed by atoms with van der Waals surface area (Å²) in [6.07, 6.45) is 40.5. The lowest BCUT2D eigenvalue weighted by Crippen LogP contribution is -2.62. The van der Waals surface area contributed by atoms with Crippen LogP contribution in [0.4, 0.5) is 17.1 Å². The van der Waals surface area contributed by atoms with Crippen molar-refractivity contribution >= 4 is 40.2 Å². The summed E-state index contributed by atoms with van der Waals surface area (Å²) in [5, 5.41) is 59.7. The van der Waals surface area contributed by atoms with E-state index in [0.29, 0.717) is 81.1 Å². The largest absolute Gasteiger partial charge is 0.464 e. The normalized spacial score (nSPS) is 28.1. The number of anilines is 3. The Labute approximate surface area is 870 Å². The van der Waals surface area contributed by atoms with E-state index in [0.717, 1.165) is 206 Å². The number of rotatable bonds is 37. The van der Waals surface area contributed by atoms with Crippen molar-refractivity contribution < 1.29 is 77.8 Å². The summed E-state index contributed by atoms with van der Waals surface area (Å²) in [5.41, 5.74) is 8.61. The minimum atomic E-state index is -0.417. The van der Waals surface area contributed by atoms with E-state index in [1.807, 2.05) is 89.9 Å². The molecule has 4 aliphatic heterocycles. The molecule has 5 N–H and O–H groups in total.